The van der Waals surface area contributed by atoms with Crippen LogP contribution in [0.5, 0.6) is 0 Å². The SMILES string of the molecule is OCC1OC(OC2OC(CO)C(O)C(OC3OC(CO)C(O)C(O)C3O)C2OC2OC(CO)C(O)C(O)C2O)C(O)C(O)C1O. The molecule has 4 heterocycles. The summed E-state index contributed by atoms with van der Waals surface area (Å²) in [6.45, 7) is -3.50. The van der Waals surface area contributed by atoms with E-state index in [1.54, 1.807) is 0 Å². The van der Waals surface area contributed by atoms with E-state index in [2.05, 4.69) is 0 Å². The van der Waals surface area contributed by atoms with Gasteiger partial charge in [-0.2, -0.15) is 0 Å². The van der Waals surface area contributed by atoms with E-state index in [9.17, 15) is 71.5 Å². The van der Waals surface area contributed by atoms with Crippen molar-refractivity contribution in [2.75, 3.05) is 26.4 Å². The minimum absolute atomic E-state index is 0.845. The third kappa shape index (κ3) is 7.44. The summed E-state index contributed by atoms with van der Waals surface area (Å²) in [7, 11) is 0. The number of aliphatic hydroxyl groups excluding tert-OH is 14. The van der Waals surface area contributed by atoms with Gasteiger partial charge in [-0.15, -0.1) is 0 Å². The molecule has 4 fully saturated rings. The van der Waals surface area contributed by atoms with Gasteiger partial charge in [0.25, 0.3) is 0 Å². The molecule has 21 heteroatoms. The van der Waals surface area contributed by atoms with Crippen LogP contribution in [0.4, 0.5) is 0 Å². The lowest BCUT2D eigenvalue weighted by atomic mass is 9.96. The maximum atomic E-state index is 11.1. The van der Waals surface area contributed by atoms with E-state index >= 15 is 0 Å². The van der Waals surface area contributed by atoms with Crippen LogP contribution < -0.4 is 0 Å². The Hall–Kier alpha value is -0.840. The van der Waals surface area contributed by atoms with Crippen molar-refractivity contribution in [2.45, 2.75) is 123 Å². The van der Waals surface area contributed by atoms with Gasteiger partial charge in [0.05, 0.1) is 26.4 Å². The first-order chi connectivity index (χ1) is 21.3. The topological polar surface area (TPSA) is 348 Å². The second kappa shape index (κ2) is 15.6. The molecule has 20 atom stereocenters. The van der Waals surface area contributed by atoms with Crippen molar-refractivity contribution in [2.24, 2.45) is 0 Å². The third-order valence-electron chi connectivity index (χ3n) is 8.19. The van der Waals surface area contributed by atoms with Crippen LogP contribution in [0.3, 0.4) is 0 Å². The molecule has 21 nitrogen and oxygen atoms in total. The molecule has 264 valence electrons. The van der Waals surface area contributed by atoms with Crippen molar-refractivity contribution < 1.29 is 105 Å². The highest BCUT2D eigenvalue weighted by atomic mass is 16.8. The van der Waals surface area contributed by atoms with E-state index in [1.807, 2.05) is 0 Å². The van der Waals surface area contributed by atoms with E-state index in [1.165, 1.54) is 0 Å². The fourth-order valence-electron chi connectivity index (χ4n) is 5.43. The molecule has 4 rings (SSSR count). The maximum absolute atomic E-state index is 11.1. The lowest BCUT2D eigenvalue weighted by Gasteiger charge is -2.50. The smallest absolute Gasteiger partial charge is 0.190 e. The zero-order valence-corrected chi connectivity index (χ0v) is 23.5. The average Bonchev–Trinajstić information content (AvgIpc) is 3.03. The van der Waals surface area contributed by atoms with E-state index in [0.717, 1.165) is 0 Å². The molecular formula is C24H42O21. The van der Waals surface area contributed by atoms with Crippen molar-refractivity contribution in [3.63, 3.8) is 0 Å². The summed E-state index contributed by atoms with van der Waals surface area (Å²) >= 11 is 0. The van der Waals surface area contributed by atoms with E-state index in [-0.39, 0.29) is 0 Å². The Bertz CT molecular complexity index is 912. The van der Waals surface area contributed by atoms with Crippen LogP contribution in [0.25, 0.3) is 0 Å². The molecule has 0 aromatic carbocycles. The second-order valence-corrected chi connectivity index (χ2v) is 11.1. The summed E-state index contributed by atoms with van der Waals surface area (Å²) in [6, 6.07) is 0. The van der Waals surface area contributed by atoms with Gasteiger partial charge in [0.15, 0.2) is 25.2 Å². The Morgan fingerprint density at radius 3 is 0.956 bits per heavy atom. The predicted molar refractivity (Wildman–Crippen MR) is 134 cm³/mol. The van der Waals surface area contributed by atoms with Gasteiger partial charge < -0.3 is 105 Å². The summed E-state index contributed by atoms with van der Waals surface area (Å²) in [5.41, 5.74) is 0. The van der Waals surface area contributed by atoms with Crippen LogP contribution in [-0.4, -0.2) is 221 Å². The van der Waals surface area contributed by atoms with Crippen LogP contribution >= 0.6 is 0 Å². The normalized spacial score (nSPS) is 52.9. The van der Waals surface area contributed by atoms with Crippen molar-refractivity contribution in [3.05, 3.63) is 0 Å². The van der Waals surface area contributed by atoms with Crippen LogP contribution in [-0.2, 0) is 33.2 Å². The number of hydrogen-bond donors (Lipinski definition) is 14. The van der Waals surface area contributed by atoms with Gasteiger partial charge in [-0.3, -0.25) is 0 Å². The van der Waals surface area contributed by atoms with Gasteiger partial charge in [0.2, 0.25) is 0 Å². The zero-order valence-electron chi connectivity index (χ0n) is 23.5. The molecule has 0 saturated carbocycles. The first kappa shape index (κ1) is 37.0. The molecule has 0 spiro atoms. The molecule has 4 aliphatic heterocycles. The van der Waals surface area contributed by atoms with Crippen LogP contribution in [0.15, 0.2) is 0 Å². The van der Waals surface area contributed by atoms with Crippen molar-refractivity contribution >= 4 is 0 Å². The number of aliphatic hydroxyl groups is 14. The Morgan fingerprint density at radius 2 is 0.600 bits per heavy atom. The van der Waals surface area contributed by atoms with E-state index in [4.69, 9.17) is 33.2 Å². The van der Waals surface area contributed by atoms with E-state index < -0.39 is 149 Å². The Balaban J connectivity index is 1.68. The van der Waals surface area contributed by atoms with Crippen molar-refractivity contribution in [1.29, 1.82) is 0 Å². The van der Waals surface area contributed by atoms with Gasteiger partial charge >= 0.3 is 0 Å². The molecule has 0 aliphatic carbocycles. The number of hydrogen-bond acceptors (Lipinski definition) is 21. The number of rotatable bonds is 10. The van der Waals surface area contributed by atoms with Gasteiger partial charge in [0, 0.05) is 0 Å². The Labute approximate surface area is 254 Å². The van der Waals surface area contributed by atoms with Gasteiger partial charge in [0.1, 0.15) is 97.7 Å². The summed E-state index contributed by atoms with van der Waals surface area (Å²) < 4.78 is 38.8. The molecule has 14 N–H and O–H groups in total. The molecule has 4 aliphatic rings. The standard InChI is InChI=1S/C24H42O21/c25-1-5-9(29)13(33)16(36)21(39-5)43-19-12(32)8(4-28)42-24(45-23-18(38)15(35)11(31)7(3-27)41-23)20(19)44-22-17(37)14(34)10(30)6(2-26)40-22/h5-38H,1-4H2. The summed E-state index contributed by atoms with van der Waals surface area (Å²) in [6.07, 6.45) is -36.7. The minimum Gasteiger partial charge on any atom is -0.394 e. The van der Waals surface area contributed by atoms with Gasteiger partial charge in [-0.25, -0.2) is 0 Å². The van der Waals surface area contributed by atoms with E-state index in [0.29, 0.717) is 0 Å². The first-order valence-corrected chi connectivity index (χ1v) is 14.1. The monoisotopic (exact) mass is 666 g/mol. The molecule has 0 aromatic rings. The molecule has 0 aromatic heterocycles. The van der Waals surface area contributed by atoms with Crippen LogP contribution in [0.1, 0.15) is 0 Å². The van der Waals surface area contributed by atoms with Crippen LogP contribution in [0, 0.1) is 0 Å². The van der Waals surface area contributed by atoms with Crippen molar-refractivity contribution in [1.82, 2.24) is 0 Å². The Kier molecular flexibility index (Phi) is 12.8. The predicted octanol–water partition coefficient (Wildman–Crippen LogP) is -9.75. The average molecular weight is 667 g/mol. The first-order valence-electron chi connectivity index (χ1n) is 14.1. The largest absolute Gasteiger partial charge is 0.394 e. The number of ether oxygens (including phenoxy) is 7. The van der Waals surface area contributed by atoms with Crippen molar-refractivity contribution in [3.8, 4) is 0 Å². The second-order valence-electron chi connectivity index (χ2n) is 11.1. The third-order valence-corrected chi connectivity index (χ3v) is 8.19. The zero-order chi connectivity index (χ0) is 33.3. The highest BCUT2D eigenvalue weighted by Crippen LogP contribution is 2.35. The molecular weight excluding hydrogens is 624 g/mol. The summed E-state index contributed by atoms with van der Waals surface area (Å²) in [5.74, 6) is 0. The fourth-order valence-corrected chi connectivity index (χ4v) is 5.43. The lowest BCUT2D eigenvalue weighted by Crippen LogP contribution is -2.68. The summed E-state index contributed by atoms with van der Waals surface area (Å²) in [5, 5.41) is 143. The molecule has 0 amide bonds. The maximum Gasteiger partial charge on any atom is 0.190 e. The highest BCUT2D eigenvalue weighted by Gasteiger charge is 2.56. The highest BCUT2D eigenvalue weighted by molar-refractivity contribution is 4.97. The van der Waals surface area contributed by atoms with Crippen LogP contribution in [0.2, 0.25) is 0 Å². The summed E-state index contributed by atoms with van der Waals surface area (Å²) in [4.78, 5) is 0. The Morgan fingerprint density at radius 1 is 0.311 bits per heavy atom. The lowest BCUT2D eigenvalue weighted by molar-refractivity contribution is -0.415. The molecule has 0 bridgehead atoms. The van der Waals surface area contributed by atoms with Gasteiger partial charge in [-0.1, -0.05) is 0 Å². The molecule has 20 unspecified atom stereocenters. The molecule has 45 heavy (non-hydrogen) atoms. The molecule has 4 saturated heterocycles. The quantitative estimate of drug-likeness (QED) is 0.103. The molecule has 0 radical (unpaired) electrons. The minimum atomic E-state index is -2.03. The fraction of sp³-hybridized carbons (Fsp3) is 1.00. The van der Waals surface area contributed by atoms with Gasteiger partial charge in [-0.05, 0) is 0 Å².